The van der Waals surface area contributed by atoms with E-state index in [1.807, 2.05) is 0 Å². The SMILES string of the molecule is CCc1sc(C(=O)N2C3CCNCC2CC3)cc1C. The fourth-order valence-electron chi connectivity index (χ4n) is 3.42. The van der Waals surface area contributed by atoms with Crippen LogP contribution in [0.5, 0.6) is 0 Å². The molecule has 2 aliphatic rings. The van der Waals surface area contributed by atoms with Gasteiger partial charge in [-0.05, 0) is 50.8 Å². The van der Waals surface area contributed by atoms with Crippen LogP contribution in [0.3, 0.4) is 0 Å². The number of fused-ring (bicyclic) bond motifs is 2. The third kappa shape index (κ3) is 2.32. The fraction of sp³-hybridized carbons (Fsp3) is 0.667. The maximum atomic E-state index is 12.8. The van der Waals surface area contributed by atoms with E-state index in [2.05, 4.69) is 30.1 Å². The van der Waals surface area contributed by atoms with Gasteiger partial charge in [0.05, 0.1) is 4.88 Å². The molecule has 0 spiro atoms. The molecule has 0 saturated carbocycles. The van der Waals surface area contributed by atoms with E-state index in [-0.39, 0.29) is 5.91 Å². The first kappa shape index (κ1) is 13.1. The third-order valence-corrected chi connectivity index (χ3v) is 5.81. The summed E-state index contributed by atoms with van der Waals surface area (Å²) in [5.74, 6) is 0.268. The number of hydrogen-bond acceptors (Lipinski definition) is 3. The first-order chi connectivity index (χ1) is 9.20. The molecule has 0 aromatic carbocycles. The normalized spacial score (nSPS) is 26.5. The molecule has 1 aromatic heterocycles. The zero-order valence-corrected chi connectivity index (χ0v) is 12.6. The molecule has 0 radical (unpaired) electrons. The topological polar surface area (TPSA) is 32.3 Å². The van der Waals surface area contributed by atoms with Crippen LogP contribution < -0.4 is 5.32 Å². The van der Waals surface area contributed by atoms with Crippen molar-refractivity contribution in [1.29, 1.82) is 0 Å². The zero-order valence-electron chi connectivity index (χ0n) is 11.7. The summed E-state index contributed by atoms with van der Waals surface area (Å²) in [6, 6.07) is 2.95. The summed E-state index contributed by atoms with van der Waals surface area (Å²) in [6.45, 7) is 6.29. The maximum Gasteiger partial charge on any atom is 0.264 e. The van der Waals surface area contributed by atoms with E-state index in [4.69, 9.17) is 0 Å². The van der Waals surface area contributed by atoms with Gasteiger partial charge in [-0.2, -0.15) is 0 Å². The number of rotatable bonds is 2. The van der Waals surface area contributed by atoms with Crippen LogP contribution in [0.1, 0.15) is 46.3 Å². The van der Waals surface area contributed by atoms with Crippen LogP contribution in [0.15, 0.2) is 6.07 Å². The Balaban J connectivity index is 1.86. The summed E-state index contributed by atoms with van der Waals surface area (Å²) < 4.78 is 0. The Bertz CT molecular complexity index is 468. The van der Waals surface area contributed by atoms with Gasteiger partial charge >= 0.3 is 0 Å². The standard InChI is InChI=1S/C15H22N2OS/c1-3-13-10(2)8-14(19-13)15(18)17-11-4-5-12(17)9-16-7-6-11/h8,11-12,16H,3-7,9H2,1-2H3. The molecular formula is C15H22N2OS. The first-order valence-corrected chi connectivity index (χ1v) is 8.15. The van der Waals surface area contributed by atoms with Crippen molar-refractivity contribution in [2.75, 3.05) is 13.1 Å². The van der Waals surface area contributed by atoms with Gasteiger partial charge in [-0.3, -0.25) is 4.79 Å². The molecule has 19 heavy (non-hydrogen) atoms. The van der Waals surface area contributed by atoms with E-state index >= 15 is 0 Å². The lowest BCUT2D eigenvalue weighted by atomic mass is 10.1. The van der Waals surface area contributed by atoms with Gasteiger partial charge in [0.15, 0.2) is 0 Å². The van der Waals surface area contributed by atoms with Crippen LogP contribution in [0.2, 0.25) is 0 Å². The van der Waals surface area contributed by atoms with Gasteiger partial charge in [0, 0.05) is 23.5 Å². The molecule has 2 saturated heterocycles. The smallest absolute Gasteiger partial charge is 0.264 e. The Kier molecular flexibility index (Phi) is 3.63. The molecule has 1 N–H and O–H groups in total. The van der Waals surface area contributed by atoms with Gasteiger partial charge < -0.3 is 10.2 Å². The molecule has 2 atom stereocenters. The number of carbonyl (C=O) groups excluding carboxylic acids is 1. The van der Waals surface area contributed by atoms with Crippen molar-refractivity contribution in [3.63, 3.8) is 0 Å². The molecule has 2 aliphatic heterocycles. The van der Waals surface area contributed by atoms with E-state index in [9.17, 15) is 4.79 Å². The summed E-state index contributed by atoms with van der Waals surface area (Å²) in [5.41, 5.74) is 1.27. The van der Waals surface area contributed by atoms with Crippen LogP contribution in [-0.4, -0.2) is 36.0 Å². The highest BCUT2D eigenvalue weighted by atomic mass is 32.1. The quantitative estimate of drug-likeness (QED) is 0.902. The van der Waals surface area contributed by atoms with Gasteiger partial charge in [-0.1, -0.05) is 6.92 Å². The Morgan fingerprint density at radius 1 is 1.42 bits per heavy atom. The van der Waals surface area contributed by atoms with Crippen molar-refractivity contribution in [1.82, 2.24) is 10.2 Å². The summed E-state index contributed by atoms with van der Waals surface area (Å²) in [5, 5.41) is 3.45. The predicted molar refractivity (Wildman–Crippen MR) is 78.9 cm³/mol. The van der Waals surface area contributed by atoms with Gasteiger partial charge in [-0.25, -0.2) is 0 Å². The van der Waals surface area contributed by atoms with Gasteiger partial charge in [0.1, 0.15) is 0 Å². The minimum atomic E-state index is 0.268. The monoisotopic (exact) mass is 278 g/mol. The Morgan fingerprint density at radius 3 is 2.95 bits per heavy atom. The number of thiophene rings is 1. The lowest BCUT2D eigenvalue weighted by Crippen LogP contribution is -2.42. The number of nitrogens with zero attached hydrogens (tertiary/aromatic N) is 1. The highest BCUT2D eigenvalue weighted by Gasteiger charge is 2.38. The van der Waals surface area contributed by atoms with E-state index in [1.54, 1.807) is 11.3 Å². The molecule has 1 amide bonds. The average Bonchev–Trinajstić information content (AvgIpc) is 2.88. The highest BCUT2D eigenvalue weighted by Crippen LogP contribution is 2.32. The molecule has 104 valence electrons. The lowest BCUT2D eigenvalue weighted by Gasteiger charge is -2.27. The number of nitrogens with one attached hydrogen (secondary N) is 1. The molecule has 4 heteroatoms. The van der Waals surface area contributed by atoms with Crippen LogP contribution in [0, 0.1) is 6.92 Å². The summed E-state index contributed by atoms with van der Waals surface area (Å²) in [6.07, 6.45) is 4.48. The molecule has 2 bridgehead atoms. The van der Waals surface area contributed by atoms with Crippen LogP contribution in [0.25, 0.3) is 0 Å². The number of amides is 1. The minimum absolute atomic E-state index is 0.268. The lowest BCUT2D eigenvalue weighted by molar-refractivity contribution is 0.0685. The van der Waals surface area contributed by atoms with Crippen molar-refractivity contribution in [2.45, 2.75) is 51.6 Å². The number of aryl methyl sites for hydroxylation is 2. The predicted octanol–water partition coefficient (Wildman–Crippen LogP) is 2.59. The van der Waals surface area contributed by atoms with E-state index < -0.39 is 0 Å². The number of carbonyl (C=O) groups is 1. The third-order valence-electron chi connectivity index (χ3n) is 4.44. The fourth-order valence-corrected chi connectivity index (χ4v) is 4.48. The average molecular weight is 278 g/mol. The molecule has 2 unspecified atom stereocenters. The van der Waals surface area contributed by atoms with Gasteiger partial charge in [0.2, 0.25) is 0 Å². The summed E-state index contributed by atoms with van der Waals surface area (Å²) >= 11 is 1.69. The van der Waals surface area contributed by atoms with Crippen LogP contribution >= 0.6 is 11.3 Å². The number of hydrogen-bond donors (Lipinski definition) is 1. The Labute approximate surface area is 119 Å². The second-order valence-electron chi connectivity index (χ2n) is 5.66. The minimum Gasteiger partial charge on any atom is -0.331 e. The van der Waals surface area contributed by atoms with Crippen molar-refractivity contribution < 1.29 is 4.79 Å². The molecule has 0 aliphatic carbocycles. The van der Waals surface area contributed by atoms with E-state index in [0.717, 1.165) is 37.2 Å². The largest absolute Gasteiger partial charge is 0.331 e. The Hall–Kier alpha value is -0.870. The van der Waals surface area contributed by atoms with Gasteiger partial charge in [-0.15, -0.1) is 11.3 Å². The van der Waals surface area contributed by atoms with Crippen molar-refractivity contribution in [3.8, 4) is 0 Å². The van der Waals surface area contributed by atoms with Crippen molar-refractivity contribution in [2.24, 2.45) is 0 Å². The molecule has 2 fully saturated rings. The molecule has 3 rings (SSSR count). The van der Waals surface area contributed by atoms with Crippen LogP contribution in [0.4, 0.5) is 0 Å². The molecular weight excluding hydrogens is 256 g/mol. The molecule has 3 heterocycles. The maximum absolute atomic E-state index is 12.8. The second-order valence-corrected chi connectivity index (χ2v) is 6.80. The second kappa shape index (κ2) is 5.25. The van der Waals surface area contributed by atoms with Crippen molar-refractivity contribution in [3.05, 3.63) is 21.4 Å². The first-order valence-electron chi connectivity index (χ1n) is 7.33. The Morgan fingerprint density at radius 2 is 2.21 bits per heavy atom. The van der Waals surface area contributed by atoms with Gasteiger partial charge in [0.25, 0.3) is 5.91 Å². The van der Waals surface area contributed by atoms with E-state index in [1.165, 1.54) is 16.9 Å². The summed E-state index contributed by atoms with van der Waals surface area (Å²) in [4.78, 5) is 17.3. The highest BCUT2D eigenvalue weighted by molar-refractivity contribution is 7.14. The molecule has 3 nitrogen and oxygen atoms in total. The summed E-state index contributed by atoms with van der Waals surface area (Å²) in [7, 11) is 0. The van der Waals surface area contributed by atoms with Crippen molar-refractivity contribution >= 4 is 17.2 Å². The van der Waals surface area contributed by atoms with Crippen LogP contribution in [-0.2, 0) is 6.42 Å². The van der Waals surface area contributed by atoms with E-state index in [0.29, 0.717) is 12.1 Å². The molecule has 1 aromatic rings. The zero-order chi connectivity index (χ0) is 13.4.